The van der Waals surface area contributed by atoms with Crippen molar-refractivity contribution in [2.75, 3.05) is 0 Å². The first-order valence-corrected chi connectivity index (χ1v) is 15.7. The fourth-order valence-corrected chi connectivity index (χ4v) is 7.30. The van der Waals surface area contributed by atoms with Crippen molar-refractivity contribution in [3.05, 3.63) is 139 Å². The molecule has 9 aromatic carbocycles. The van der Waals surface area contributed by atoms with Crippen molar-refractivity contribution < 1.29 is 0 Å². The standard InChI is InChI=1S/C42H25N.C2H6/c1-25(24-43)20-26-21-33(35-16-12-31-10-8-27-4-2-6-29-14-18-37(35)41(31)39(27)29)23-34(22-26)36-17-13-32-11-9-28-5-3-7-30-15-19-38(36)42(32)40(28)30;1-2/h2-23H,1H3;1-2H3/b25-20-;. The van der Waals surface area contributed by atoms with E-state index in [-0.39, 0.29) is 0 Å². The number of allylic oxidation sites excluding steroid dienone is 1. The Labute approximate surface area is 262 Å². The van der Waals surface area contributed by atoms with E-state index in [1.807, 2.05) is 26.8 Å². The maximum Gasteiger partial charge on any atom is 0.0944 e. The van der Waals surface area contributed by atoms with E-state index in [1.54, 1.807) is 0 Å². The van der Waals surface area contributed by atoms with Gasteiger partial charge >= 0.3 is 0 Å². The van der Waals surface area contributed by atoms with Crippen LogP contribution in [0, 0.1) is 11.3 Å². The second-order valence-corrected chi connectivity index (χ2v) is 11.7. The highest BCUT2D eigenvalue weighted by Crippen LogP contribution is 2.43. The van der Waals surface area contributed by atoms with Crippen LogP contribution in [0.4, 0.5) is 0 Å². The third kappa shape index (κ3) is 4.15. The van der Waals surface area contributed by atoms with Crippen molar-refractivity contribution in [1.82, 2.24) is 0 Å². The zero-order valence-corrected chi connectivity index (χ0v) is 25.6. The molecular formula is C44H31N. The molecule has 0 heterocycles. The smallest absolute Gasteiger partial charge is 0.0944 e. The van der Waals surface area contributed by atoms with Crippen LogP contribution in [0.1, 0.15) is 26.3 Å². The summed E-state index contributed by atoms with van der Waals surface area (Å²) >= 11 is 0. The summed E-state index contributed by atoms with van der Waals surface area (Å²) < 4.78 is 0. The summed E-state index contributed by atoms with van der Waals surface area (Å²) in [4.78, 5) is 0. The normalized spacial score (nSPS) is 12.0. The number of nitrogens with zero attached hydrogens (tertiary/aromatic N) is 1. The summed E-state index contributed by atoms with van der Waals surface area (Å²) in [6.07, 6.45) is 2.00. The van der Waals surface area contributed by atoms with Crippen LogP contribution in [0.5, 0.6) is 0 Å². The molecule has 9 aromatic rings. The molecule has 0 saturated carbocycles. The first kappa shape index (κ1) is 26.9. The number of nitriles is 1. The molecule has 9 rings (SSSR count). The Morgan fingerprint density at radius 3 is 1.29 bits per heavy atom. The van der Waals surface area contributed by atoms with Gasteiger partial charge in [-0.15, -0.1) is 0 Å². The molecule has 0 saturated heterocycles. The van der Waals surface area contributed by atoms with Gasteiger partial charge in [-0.3, -0.25) is 0 Å². The second kappa shape index (κ2) is 10.5. The predicted octanol–water partition coefficient (Wildman–Crippen LogP) is 12.8. The lowest BCUT2D eigenvalue weighted by atomic mass is 9.86. The number of rotatable bonds is 3. The maximum atomic E-state index is 9.65. The molecule has 1 heteroatoms. The summed E-state index contributed by atoms with van der Waals surface area (Å²) in [5, 5.41) is 25.0. The fraction of sp³-hybridized carbons (Fsp3) is 0.0682. The Hall–Kier alpha value is -5.71. The minimum atomic E-state index is 0.689. The van der Waals surface area contributed by atoms with Crippen molar-refractivity contribution in [3.63, 3.8) is 0 Å². The molecule has 0 unspecified atom stereocenters. The molecule has 0 bridgehead atoms. The number of hydrogen-bond donors (Lipinski definition) is 0. The highest BCUT2D eigenvalue weighted by molar-refractivity contribution is 6.27. The summed E-state index contributed by atoms with van der Waals surface area (Å²) in [6, 6.07) is 49.2. The van der Waals surface area contributed by atoms with E-state index in [0.717, 1.165) is 16.7 Å². The van der Waals surface area contributed by atoms with Gasteiger partial charge in [0.1, 0.15) is 0 Å². The van der Waals surface area contributed by atoms with Gasteiger partial charge < -0.3 is 0 Å². The topological polar surface area (TPSA) is 23.8 Å². The van der Waals surface area contributed by atoms with Gasteiger partial charge in [-0.05, 0) is 124 Å². The Morgan fingerprint density at radius 1 is 0.489 bits per heavy atom. The van der Waals surface area contributed by atoms with Crippen molar-refractivity contribution in [1.29, 1.82) is 5.26 Å². The van der Waals surface area contributed by atoms with E-state index >= 15 is 0 Å². The first-order valence-electron chi connectivity index (χ1n) is 15.7. The van der Waals surface area contributed by atoms with E-state index in [9.17, 15) is 5.26 Å². The molecule has 0 fully saturated rings. The minimum Gasteiger partial charge on any atom is -0.193 e. The van der Waals surface area contributed by atoms with Gasteiger partial charge in [0, 0.05) is 5.57 Å². The molecular weight excluding hydrogens is 542 g/mol. The van der Waals surface area contributed by atoms with Crippen LogP contribution < -0.4 is 0 Å². The third-order valence-electron chi connectivity index (χ3n) is 9.19. The summed E-state index contributed by atoms with van der Waals surface area (Å²) in [5.41, 5.74) is 6.43. The highest BCUT2D eigenvalue weighted by atomic mass is 14.2. The van der Waals surface area contributed by atoms with Gasteiger partial charge in [-0.25, -0.2) is 0 Å². The second-order valence-electron chi connectivity index (χ2n) is 11.7. The first-order chi connectivity index (χ1) is 22.2. The van der Waals surface area contributed by atoms with Gasteiger partial charge in [-0.1, -0.05) is 123 Å². The van der Waals surface area contributed by atoms with E-state index < -0.39 is 0 Å². The Morgan fingerprint density at radius 2 is 0.867 bits per heavy atom. The van der Waals surface area contributed by atoms with Crippen molar-refractivity contribution in [2.24, 2.45) is 0 Å². The van der Waals surface area contributed by atoms with Gasteiger partial charge in [0.25, 0.3) is 0 Å². The van der Waals surface area contributed by atoms with Gasteiger partial charge in [0.15, 0.2) is 0 Å². The predicted molar refractivity (Wildman–Crippen MR) is 195 cm³/mol. The van der Waals surface area contributed by atoms with Crippen molar-refractivity contribution in [3.8, 4) is 28.3 Å². The van der Waals surface area contributed by atoms with Crippen LogP contribution in [-0.4, -0.2) is 0 Å². The largest absolute Gasteiger partial charge is 0.193 e. The molecule has 0 aromatic heterocycles. The maximum absolute atomic E-state index is 9.65. The van der Waals surface area contributed by atoms with E-state index in [4.69, 9.17) is 0 Å². The average Bonchev–Trinajstić information content (AvgIpc) is 3.10. The van der Waals surface area contributed by atoms with Crippen LogP contribution in [-0.2, 0) is 0 Å². The van der Waals surface area contributed by atoms with Crippen molar-refractivity contribution in [2.45, 2.75) is 20.8 Å². The lowest BCUT2D eigenvalue weighted by Crippen LogP contribution is -1.91. The highest BCUT2D eigenvalue weighted by Gasteiger charge is 2.16. The fourth-order valence-electron chi connectivity index (χ4n) is 7.30. The lowest BCUT2D eigenvalue weighted by Gasteiger charge is -2.17. The van der Waals surface area contributed by atoms with Crippen LogP contribution >= 0.6 is 0 Å². The molecule has 0 spiro atoms. The van der Waals surface area contributed by atoms with Crippen molar-refractivity contribution >= 4 is 70.7 Å². The molecule has 1 nitrogen and oxygen atoms in total. The van der Waals surface area contributed by atoms with Crippen LogP contribution in [0.25, 0.3) is 93.0 Å². The molecule has 0 N–H and O–H groups in total. The summed E-state index contributed by atoms with van der Waals surface area (Å²) in [6.45, 7) is 5.87. The third-order valence-corrected chi connectivity index (χ3v) is 9.19. The van der Waals surface area contributed by atoms with Gasteiger partial charge in [0.2, 0.25) is 0 Å². The summed E-state index contributed by atoms with van der Waals surface area (Å²) in [7, 11) is 0. The molecule has 0 atom stereocenters. The van der Waals surface area contributed by atoms with Crippen LogP contribution in [0.15, 0.2) is 133 Å². The average molecular weight is 574 g/mol. The van der Waals surface area contributed by atoms with E-state index in [2.05, 4.69) is 133 Å². The lowest BCUT2D eigenvalue weighted by molar-refractivity contribution is 1.46. The van der Waals surface area contributed by atoms with Gasteiger partial charge in [0.05, 0.1) is 6.07 Å². The zero-order valence-electron chi connectivity index (χ0n) is 25.6. The molecule has 0 aliphatic heterocycles. The molecule has 45 heavy (non-hydrogen) atoms. The number of benzene rings is 9. The Kier molecular flexibility index (Phi) is 6.26. The van der Waals surface area contributed by atoms with E-state index in [1.165, 1.54) is 75.8 Å². The quantitative estimate of drug-likeness (QED) is 0.152. The van der Waals surface area contributed by atoms with E-state index in [0.29, 0.717) is 5.57 Å². The molecule has 212 valence electrons. The summed E-state index contributed by atoms with van der Waals surface area (Å²) in [5.74, 6) is 0. The molecule has 0 aliphatic rings. The molecule has 0 amide bonds. The Balaban J connectivity index is 0.00000147. The monoisotopic (exact) mass is 573 g/mol. The van der Waals surface area contributed by atoms with Crippen LogP contribution in [0.3, 0.4) is 0 Å². The number of hydrogen-bond acceptors (Lipinski definition) is 1. The van der Waals surface area contributed by atoms with Gasteiger partial charge in [-0.2, -0.15) is 5.26 Å². The van der Waals surface area contributed by atoms with Crippen LogP contribution in [0.2, 0.25) is 0 Å². The minimum absolute atomic E-state index is 0.689. The zero-order chi connectivity index (χ0) is 30.7. The Bertz CT molecular complexity index is 2430. The molecule has 0 aliphatic carbocycles. The molecule has 0 radical (unpaired) electrons. The SMILES string of the molecule is C/C(C#N)=C/c1cc(-c2ccc3ccc4cccc5ccc2c3c45)cc(-c2ccc3ccc4cccc5ccc2c3c45)c1.CC.